The highest BCUT2D eigenvalue weighted by Gasteiger charge is 2.31. The summed E-state index contributed by atoms with van der Waals surface area (Å²) in [7, 11) is 0. The molecule has 0 aliphatic rings. The molecule has 122 valence electrons. The van der Waals surface area contributed by atoms with Crippen LogP contribution in [0, 0.1) is 0 Å². The zero-order chi connectivity index (χ0) is 16.9. The highest BCUT2D eigenvalue weighted by molar-refractivity contribution is 5.94. The monoisotopic (exact) mass is 310 g/mol. The van der Waals surface area contributed by atoms with Crippen LogP contribution in [0.25, 0.3) is 0 Å². The Kier molecular flexibility index (Phi) is 5.56. The highest BCUT2D eigenvalue weighted by Crippen LogP contribution is 2.28. The molecule has 2 aromatic rings. The molecule has 23 heavy (non-hydrogen) atoms. The van der Waals surface area contributed by atoms with E-state index < -0.39 is 0 Å². The van der Waals surface area contributed by atoms with Crippen LogP contribution in [0.1, 0.15) is 48.7 Å². The Labute approximate surface area is 138 Å². The second-order valence-corrected chi connectivity index (χ2v) is 6.42. The number of hydrogen-bond acceptors (Lipinski definition) is 2. The van der Waals surface area contributed by atoms with Crippen molar-refractivity contribution in [2.24, 2.45) is 5.73 Å². The number of hydrogen-bond donors (Lipinski definition) is 2. The van der Waals surface area contributed by atoms with Gasteiger partial charge in [-0.25, -0.2) is 0 Å². The summed E-state index contributed by atoms with van der Waals surface area (Å²) in [6.07, 6.45) is 0.870. The van der Waals surface area contributed by atoms with Crippen molar-refractivity contribution in [2.75, 3.05) is 0 Å². The highest BCUT2D eigenvalue weighted by atomic mass is 16.1. The second kappa shape index (κ2) is 7.42. The molecule has 1 unspecified atom stereocenters. The molecule has 3 N–H and O–H groups in total. The fraction of sp³-hybridized carbons (Fsp3) is 0.350. The Bertz CT molecular complexity index is 632. The lowest BCUT2D eigenvalue weighted by Gasteiger charge is -2.35. The summed E-state index contributed by atoms with van der Waals surface area (Å²) >= 11 is 0. The third-order valence-electron chi connectivity index (χ3n) is 4.55. The van der Waals surface area contributed by atoms with Gasteiger partial charge in [0.25, 0.3) is 5.91 Å². The molecule has 1 amide bonds. The van der Waals surface area contributed by atoms with Crippen LogP contribution in [0.3, 0.4) is 0 Å². The lowest BCUT2D eigenvalue weighted by Crippen LogP contribution is -2.47. The molecule has 1 atom stereocenters. The summed E-state index contributed by atoms with van der Waals surface area (Å²) in [6, 6.07) is 17.9. The van der Waals surface area contributed by atoms with E-state index in [0.29, 0.717) is 12.1 Å². The summed E-state index contributed by atoms with van der Waals surface area (Å²) in [5.74, 6) is -0.0376. The fourth-order valence-corrected chi connectivity index (χ4v) is 2.90. The van der Waals surface area contributed by atoms with Gasteiger partial charge in [-0.05, 0) is 29.7 Å². The molecule has 0 radical (unpaired) electrons. The molecule has 3 heteroatoms. The molecule has 0 aliphatic carbocycles. The molecule has 2 aromatic carbocycles. The molecule has 0 fully saturated rings. The number of amides is 1. The number of nitrogens with two attached hydrogens (primary N) is 1. The summed E-state index contributed by atoms with van der Waals surface area (Å²) in [6.45, 7) is 6.94. The maximum Gasteiger partial charge on any atom is 0.251 e. The van der Waals surface area contributed by atoms with Crippen LogP contribution in [0.4, 0.5) is 0 Å². The molecule has 0 saturated heterocycles. The molecule has 0 saturated carbocycles. The van der Waals surface area contributed by atoms with Crippen molar-refractivity contribution in [1.29, 1.82) is 0 Å². The van der Waals surface area contributed by atoms with E-state index in [1.54, 1.807) is 0 Å². The van der Waals surface area contributed by atoms with Crippen LogP contribution in [0.15, 0.2) is 54.6 Å². The maximum absolute atomic E-state index is 12.5. The van der Waals surface area contributed by atoms with Crippen LogP contribution >= 0.6 is 0 Å². The van der Waals surface area contributed by atoms with E-state index in [0.717, 1.165) is 12.0 Å². The average Bonchev–Trinajstić information content (AvgIpc) is 2.60. The average molecular weight is 310 g/mol. The van der Waals surface area contributed by atoms with E-state index in [-0.39, 0.29) is 17.4 Å². The van der Waals surface area contributed by atoms with E-state index in [9.17, 15) is 4.79 Å². The first-order chi connectivity index (χ1) is 11.0. The second-order valence-electron chi connectivity index (χ2n) is 6.42. The summed E-state index contributed by atoms with van der Waals surface area (Å²) < 4.78 is 0. The van der Waals surface area contributed by atoms with Crippen molar-refractivity contribution in [3.63, 3.8) is 0 Å². The minimum absolute atomic E-state index is 0.0376. The van der Waals surface area contributed by atoms with Gasteiger partial charge < -0.3 is 11.1 Å². The molecular formula is C20H26N2O. The van der Waals surface area contributed by atoms with Crippen molar-refractivity contribution in [1.82, 2.24) is 5.32 Å². The zero-order valence-corrected chi connectivity index (χ0v) is 14.2. The Hall–Kier alpha value is -2.13. The van der Waals surface area contributed by atoms with Gasteiger partial charge in [-0.15, -0.1) is 0 Å². The maximum atomic E-state index is 12.5. The van der Waals surface area contributed by atoms with Crippen LogP contribution in [-0.2, 0) is 12.0 Å². The van der Waals surface area contributed by atoms with Crippen LogP contribution < -0.4 is 11.1 Å². The van der Waals surface area contributed by atoms with E-state index in [1.807, 2.05) is 42.5 Å². The van der Waals surface area contributed by atoms with Gasteiger partial charge in [0.2, 0.25) is 0 Å². The van der Waals surface area contributed by atoms with Gasteiger partial charge in [0.1, 0.15) is 0 Å². The first-order valence-corrected chi connectivity index (χ1v) is 8.14. The number of carbonyl (C=O) groups excluding carboxylic acids is 1. The molecule has 2 rings (SSSR count). The SMILES string of the molecule is CCC(NC(=O)c1ccc(CN)cc1)C(C)(C)c1ccccc1. The van der Waals surface area contributed by atoms with Crippen molar-refractivity contribution in [2.45, 2.75) is 45.2 Å². The van der Waals surface area contributed by atoms with E-state index >= 15 is 0 Å². The Balaban J connectivity index is 2.16. The summed E-state index contributed by atoms with van der Waals surface area (Å²) in [5, 5.41) is 3.19. The number of carbonyl (C=O) groups is 1. The van der Waals surface area contributed by atoms with E-state index in [4.69, 9.17) is 5.73 Å². The Morgan fingerprint density at radius 2 is 1.70 bits per heavy atom. The van der Waals surface area contributed by atoms with Gasteiger partial charge in [0.05, 0.1) is 0 Å². The lowest BCUT2D eigenvalue weighted by atomic mass is 9.76. The van der Waals surface area contributed by atoms with Crippen molar-refractivity contribution in [3.8, 4) is 0 Å². The minimum Gasteiger partial charge on any atom is -0.348 e. The van der Waals surface area contributed by atoms with Gasteiger partial charge in [0, 0.05) is 23.6 Å². The third-order valence-corrected chi connectivity index (χ3v) is 4.55. The Morgan fingerprint density at radius 3 is 2.22 bits per heavy atom. The van der Waals surface area contributed by atoms with E-state index in [2.05, 4.69) is 38.2 Å². The van der Waals surface area contributed by atoms with Crippen LogP contribution in [0.5, 0.6) is 0 Å². The van der Waals surface area contributed by atoms with Gasteiger partial charge in [-0.2, -0.15) is 0 Å². The smallest absolute Gasteiger partial charge is 0.251 e. The zero-order valence-electron chi connectivity index (χ0n) is 14.2. The molecule has 0 heterocycles. The Morgan fingerprint density at radius 1 is 1.09 bits per heavy atom. The van der Waals surface area contributed by atoms with Crippen LogP contribution in [-0.4, -0.2) is 11.9 Å². The largest absolute Gasteiger partial charge is 0.348 e. The number of nitrogens with one attached hydrogen (secondary N) is 1. The lowest BCUT2D eigenvalue weighted by molar-refractivity contribution is 0.0916. The number of benzene rings is 2. The summed E-state index contributed by atoms with van der Waals surface area (Å²) in [4.78, 5) is 12.5. The van der Waals surface area contributed by atoms with Crippen molar-refractivity contribution in [3.05, 3.63) is 71.3 Å². The third kappa shape index (κ3) is 3.99. The van der Waals surface area contributed by atoms with E-state index in [1.165, 1.54) is 5.56 Å². The van der Waals surface area contributed by atoms with Crippen molar-refractivity contribution < 1.29 is 4.79 Å². The van der Waals surface area contributed by atoms with Crippen LogP contribution in [0.2, 0.25) is 0 Å². The first-order valence-electron chi connectivity index (χ1n) is 8.14. The topological polar surface area (TPSA) is 55.1 Å². The van der Waals surface area contributed by atoms with Crippen molar-refractivity contribution >= 4 is 5.91 Å². The number of rotatable bonds is 6. The van der Waals surface area contributed by atoms with Gasteiger partial charge in [0.15, 0.2) is 0 Å². The molecule has 0 spiro atoms. The molecule has 0 aliphatic heterocycles. The first kappa shape index (κ1) is 17.2. The molecular weight excluding hydrogens is 284 g/mol. The normalized spacial score (nSPS) is 12.7. The predicted octanol–water partition coefficient (Wildman–Crippen LogP) is 3.63. The summed E-state index contributed by atoms with van der Waals surface area (Å²) in [5.41, 5.74) is 8.39. The quantitative estimate of drug-likeness (QED) is 0.856. The molecule has 0 aromatic heterocycles. The van der Waals surface area contributed by atoms with Gasteiger partial charge >= 0.3 is 0 Å². The minimum atomic E-state index is -0.136. The fourth-order valence-electron chi connectivity index (χ4n) is 2.90. The standard InChI is InChI=1S/C20H26N2O/c1-4-18(20(2,3)17-8-6-5-7-9-17)22-19(23)16-12-10-15(14-21)11-13-16/h5-13,18H,4,14,21H2,1-3H3,(H,22,23). The van der Waals surface area contributed by atoms with Gasteiger partial charge in [-0.3, -0.25) is 4.79 Å². The predicted molar refractivity (Wildman–Crippen MR) is 95.3 cm³/mol. The molecule has 3 nitrogen and oxygen atoms in total. The van der Waals surface area contributed by atoms with Gasteiger partial charge in [-0.1, -0.05) is 63.2 Å². The molecule has 0 bridgehead atoms.